The first kappa shape index (κ1) is 19.7. The molecule has 0 heterocycles. The van der Waals surface area contributed by atoms with Gasteiger partial charge in [-0.05, 0) is 0 Å². The summed E-state index contributed by atoms with van der Waals surface area (Å²) in [6, 6.07) is 42.9. The Labute approximate surface area is 177 Å². The predicted octanol–water partition coefficient (Wildman–Crippen LogP) is 4.36. The van der Waals surface area contributed by atoms with E-state index in [1.165, 1.54) is 23.1 Å². The van der Waals surface area contributed by atoms with Crippen LogP contribution in [0.2, 0.25) is 0 Å². The molecule has 0 bridgehead atoms. The van der Waals surface area contributed by atoms with Crippen LogP contribution >= 0.6 is 0 Å². The second-order valence-electron chi connectivity index (χ2n) is 8.68. The molecule has 29 heavy (non-hydrogen) atoms. The molecule has 1 heteroatoms. The second-order valence-corrected chi connectivity index (χ2v) is 16.7. The van der Waals surface area contributed by atoms with Crippen LogP contribution in [0.25, 0.3) is 0 Å². The molecule has 0 atom stereocenters. The zero-order chi connectivity index (χ0) is 20.3. The van der Waals surface area contributed by atoms with Crippen molar-refractivity contribution in [2.75, 3.05) is 0 Å². The first-order chi connectivity index (χ1) is 14.0. The average Bonchev–Trinajstić information content (AvgIpc) is 2.76. The third-order valence-electron chi connectivity index (χ3n) is 5.78. The molecule has 4 aromatic carbocycles. The Hall–Kier alpha value is -2.58. The van der Waals surface area contributed by atoms with Gasteiger partial charge in [0.15, 0.2) is 0 Å². The minimum absolute atomic E-state index is 0.119. The van der Waals surface area contributed by atoms with Crippen molar-refractivity contribution in [1.29, 1.82) is 0 Å². The van der Waals surface area contributed by atoms with Crippen LogP contribution in [0, 0.1) is 0 Å². The first-order valence-corrected chi connectivity index (χ1v) is 14.5. The monoisotopic (exact) mass is 438 g/mol. The molecule has 0 fully saturated rings. The van der Waals surface area contributed by atoms with Gasteiger partial charge in [-0.15, -0.1) is 0 Å². The van der Waals surface area contributed by atoms with E-state index in [-0.39, 0.29) is 5.41 Å². The molecule has 0 radical (unpaired) electrons. The van der Waals surface area contributed by atoms with Crippen molar-refractivity contribution in [2.45, 2.75) is 26.2 Å². The molecule has 0 saturated carbocycles. The summed E-state index contributed by atoms with van der Waals surface area (Å²) in [7, 11) is 0. The normalized spacial score (nSPS) is 12.0. The quantitative estimate of drug-likeness (QED) is 0.417. The van der Waals surface area contributed by atoms with Crippen molar-refractivity contribution in [1.82, 2.24) is 0 Å². The van der Waals surface area contributed by atoms with Crippen LogP contribution in [0.15, 0.2) is 115 Å². The molecular formula is C28H28Ge. The third-order valence-corrected chi connectivity index (χ3v) is 15.8. The van der Waals surface area contributed by atoms with Crippen molar-refractivity contribution in [3.8, 4) is 0 Å². The van der Waals surface area contributed by atoms with Gasteiger partial charge in [0.1, 0.15) is 0 Å². The van der Waals surface area contributed by atoms with E-state index in [1.807, 2.05) is 0 Å². The van der Waals surface area contributed by atoms with Crippen LogP contribution in [-0.2, 0) is 5.41 Å². The van der Waals surface area contributed by atoms with Gasteiger partial charge in [0.25, 0.3) is 0 Å². The molecule has 0 saturated heterocycles. The van der Waals surface area contributed by atoms with Gasteiger partial charge < -0.3 is 0 Å². The molecule has 4 rings (SSSR count). The standard InChI is InChI=1S/C28H28Ge/c1-28(2,3)23-14-13-21-27(22-23)29(24-15-7-4-8-16-24,25-17-9-5-10-18-25)26-19-11-6-12-20-26/h4-22H,1-3H3. The van der Waals surface area contributed by atoms with E-state index < -0.39 is 13.3 Å². The zero-order valence-corrected chi connectivity index (χ0v) is 19.6. The zero-order valence-electron chi connectivity index (χ0n) is 17.5. The van der Waals surface area contributed by atoms with E-state index in [1.54, 1.807) is 0 Å². The third kappa shape index (κ3) is 3.70. The van der Waals surface area contributed by atoms with Gasteiger partial charge >= 0.3 is 178 Å². The molecule has 0 unspecified atom stereocenters. The molecule has 144 valence electrons. The Morgan fingerprint density at radius 3 is 1.21 bits per heavy atom. The van der Waals surface area contributed by atoms with Crippen LogP contribution < -0.4 is 17.6 Å². The summed E-state index contributed by atoms with van der Waals surface area (Å²) in [5.74, 6) is 0. The van der Waals surface area contributed by atoms with Crippen molar-refractivity contribution < 1.29 is 0 Å². The molecule has 0 aliphatic heterocycles. The van der Waals surface area contributed by atoms with Crippen LogP contribution in [0.1, 0.15) is 26.3 Å². The fourth-order valence-electron chi connectivity index (χ4n) is 4.28. The summed E-state index contributed by atoms with van der Waals surface area (Å²) in [6.07, 6.45) is 0. The SMILES string of the molecule is CC(C)(C)c1ccc[c]([Ge]([c]2ccccc2)([c]2ccccc2)[c]2ccccc2)c1. The summed E-state index contributed by atoms with van der Waals surface area (Å²) in [5, 5.41) is 0. The van der Waals surface area contributed by atoms with Crippen molar-refractivity contribution in [2.24, 2.45) is 0 Å². The fourth-order valence-corrected chi connectivity index (χ4v) is 14.3. The molecule has 0 aromatic heterocycles. The van der Waals surface area contributed by atoms with E-state index in [0.717, 1.165) is 0 Å². The second kappa shape index (κ2) is 8.04. The molecule has 0 N–H and O–H groups in total. The molecule has 0 aliphatic rings. The maximum absolute atomic E-state index is 3.12. The number of benzene rings is 4. The van der Waals surface area contributed by atoms with Gasteiger partial charge in [0.05, 0.1) is 0 Å². The van der Waals surface area contributed by atoms with Crippen LogP contribution in [0.4, 0.5) is 0 Å². The number of hydrogen-bond donors (Lipinski definition) is 0. The van der Waals surface area contributed by atoms with Gasteiger partial charge in [-0.1, -0.05) is 0 Å². The summed E-state index contributed by atoms with van der Waals surface area (Å²) in [6.45, 7) is 6.90. The minimum atomic E-state index is -3.12. The Balaban J connectivity index is 2.12. The predicted molar refractivity (Wildman–Crippen MR) is 129 cm³/mol. The molecule has 4 aromatic rings. The summed E-state index contributed by atoms with van der Waals surface area (Å²) < 4.78 is 5.89. The van der Waals surface area contributed by atoms with E-state index in [2.05, 4.69) is 136 Å². The van der Waals surface area contributed by atoms with Crippen molar-refractivity contribution in [3.63, 3.8) is 0 Å². The summed E-state index contributed by atoms with van der Waals surface area (Å²) in [5.41, 5.74) is 1.52. The van der Waals surface area contributed by atoms with Gasteiger partial charge in [0, 0.05) is 0 Å². The van der Waals surface area contributed by atoms with Crippen molar-refractivity contribution >= 4 is 30.8 Å². The molecule has 0 amide bonds. The number of hydrogen-bond acceptors (Lipinski definition) is 0. The first-order valence-electron chi connectivity index (χ1n) is 10.3. The van der Waals surface area contributed by atoms with Crippen LogP contribution in [0.3, 0.4) is 0 Å². The molecule has 0 spiro atoms. The molecule has 0 aliphatic carbocycles. The van der Waals surface area contributed by atoms with E-state index in [9.17, 15) is 0 Å². The summed E-state index contributed by atoms with van der Waals surface area (Å²) >= 11 is -3.12. The fraction of sp³-hybridized carbons (Fsp3) is 0.143. The Morgan fingerprint density at radius 1 is 0.448 bits per heavy atom. The molecular weight excluding hydrogens is 409 g/mol. The Bertz CT molecular complexity index is 965. The van der Waals surface area contributed by atoms with Gasteiger partial charge in [-0.3, -0.25) is 0 Å². The maximum atomic E-state index is 2.48. The van der Waals surface area contributed by atoms with Gasteiger partial charge in [0.2, 0.25) is 0 Å². The van der Waals surface area contributed by atoms with Crippen LogP contribution in [-0.4, -0.2) is 13.3 Å². The van der Waals surface area contributed by atoms with Crippen molar-refractivity contribution in [3.05, 3.63) is 121 Å². The topological polar surface area (TPSA) is 0 Å². The number of rotatable bonds is 4. The van der Waals surface area contributed by atoms with E-state index in [4.69, 9.17) is 0 Å². The summed E-state index contributed by atoms with van der Waals surface area (Å²) in [4.78, 5) is 0. The molecule has 0 nitrogen and oxygen atoms in total. The Kier molecular flexibility index (Phi) is 5.47. The van der Waals surface area contributed by atoms with E-state index >= 15 is 0 Å². The van der Waals surface area contributed by atoms with Crippen LogP contribution in [0.5, 0.6) is 0 Å². The average molecular weight is 437 g/mol. The van der Waals surface area contributed by atoms with E-state index in [0.29, 0.717) is 0 Å². The van der Waals surface area contributed by atoms with Gasteiger partial charge in [-0.2, -0.15) is 0 Å². The van der Waals surface area contributed by atoms with Gasteiger partial charge in [-0.25, -0.2) is 0 Å². The Morgan fingerprint density at radius 2 is 0.828 bits per heavy atom.